The first kappa shape index (κ1) is 25.1. The predicted molar refractivity (Wildman–Crippen MR) is 108 cm³/mol. The van der Waals surface area contributed by atoms with E-state index in [0.717, 1.165) is 6.08 Å². The third kappa shape index (κ3) is 5.69. The summed E-state index contributed by atoms with van der Waals surface area (Å²) in [5.74, 6) is -1.66. The van der Waals surface area contributed by atoms with Crippen molar-refractivity contribution in [3.63, 3.8) is 0 Å². The number of hydrogen-bond donors (Lipinski definition) is 8. The SMILES string of the molecule is O=C(/C=C/c1ccc(O)c(O)c1)O[C@H]1[C@@H](O)[C@H](O[C@H]2O[C@@H](CO)[C@H](O)[C@@H](O)[C@@H]2O)C=C[C@H]1O. The van der Waals surface area contributed by atoms with E-state index in [1.54, 1.807) is 0 Å². The number of phenols is 2. The summed E-state index contributed by atoms with van der Waals surface area (Å²) in [7, 11) is 0. The number of rotatable bonds is 6. The zero-order chi connectivity index (χ0) is 24.3. The molecule has 1 heterocycles. The first-order valence-corrected chi connectivity index (χ1v) is 10.0. The molecule has 1 saturated heterocycles. The lowest BCUT2D eigenvalue weighted by Gasteiger charge is -2.42. The smallest absolute Gasteiger partial charge is 0.331 e. The van der Waals surface area contributed by atoms with E-state index in [0.29, 0.717) is 5.56 Å². The summed E-state index contributed by atoms with van der Waals surface area (Å²) >= 11 is 0. The summed E-state index contributed by atoms with van der Waals surface area (Å²) < 4.78 is 15.8. The lowest BCUT2D eigenvalue weighted by molar-refractivity contribution is -0.315. The Kier molecular flexibility index (Phi) is 8.05. The second-order valence-corrected chi connectivity index (χ2v) is 7.65. The van der Waals surface area contributed by atoms with E-state index in [1.165, 1.54) is 36.4 Å². The largest absolute Gasteiger partial charge is 0.504 e. The molecule has 12 nitrogen and oxygen atoms in total. The Labute approximate surface area is 187 Å². The van der Waals surface area contributed by atoms with Crippen LogP contribution in [0.5, 0.6) is 11.5 Å². The molecule has 8 N–H and O–H groups in total. The third-order valence-electron chi connectivity index (χ3n) is 5.31. The highest BCUT2D eigenvalue weighted by Crippen LogP contribution is 2.28. The van der Waals surface area contributed by atoms with Crippen molar-refractivity contribution in [1.82, 2.24) is 0 Å². The average Bonchev–Trinajstić information content (AvgIpc) is 2.79. The number of esters is 1. The van der Waals surface area contributed by atoms with Crippen molar-refractivity contribution in [3.8, 4) is 11.5 Å². The molecule has 1 aliphatic carbocycles. The number of ether oxygens (including phenoxy) is 3. The molecule has 1 aromatic carbocycles. The van der Waals surface area contributed by atoms with Gasteiger partial charge in [0, 0.05) is 6.08 Å². The number of aliphatic hydroxyl groups excluding tert-OH is 6. The molecule has 12 heteroatoms. The highest BCUT2D eigenvalue weighted by molar-refractivity contribution is 5.87. The molecule has 33 heavy (non-hydrogen) atoms. The maximum absolute atomic E-state index is 12.2. The summed E-state index contributed by atoms with van der Waals surface area (Å²) in [5, 5.41) is 78.5. The quantitative estimate of drug-likeness (QED) is 0.0940. The van der Waals surface area contributed by atoms with Crippen molar-refractivity contribution >= 4 is 12.0 Å². The minimum atomic E-state index is -1.71. The summed E-state index contributed by atoms with van der Waals surface area (Å²) in [6.45, 7) is -0.669. The monoisotopic (exact) mass is 470 g/mol. The third-order valence-corrected chi connectivity index (χ3v) is 5.31. The molecule has 0 radical (unpaired) electrons. The van der Waals surface area contributed by atoms with Crippen molar-refractivity contribution in [2.24, 2.45) is 0 Å². The van der Waals surface area contributed by atoms with Crippen LogP contribution in [0.2, 0.25) is 0 Å². The van der Waals surface area contributed by atoms with Gasteiger partial charge in [-0.15, -0.1) is 0 Å². The van der Waals surface area contributed by atoms with E-state index in [2.05, 4.69) is 0 Å². The lowest BCUT2D eigenvalue weighted by Crippen LogP contribution is -2.61. The molecule has 0 saturated carbocycles. The first-order chi connectivity index (χ1) is 15.6. The molecule has 9 atom stereocenters. The van der Waals surface area contributed by atoms with Crippen molar-refractivity contribution in [2.75, 3.05) is 6.61 Å². The maximum atomic E-state index is 12.2. The molecule has 3 rings (SSSR count). The second-order valence-electron chi connectivity index (χ2n) is 7.65. The van der Waals surface area contributed by atoms with E-state index < -0.39 is 67.7 Å². The Morgan fingerprint density at radius 3 is 2.36 bits per heavy atom. The van der Waals surface area contributed by atoms with Gasteiger partial charge in [0.1, 0.15) is 42.7 Å². The fourth-order valence-electron chi connectivity index (χ4n) is 3.42. The van der Waals surface area contributed by atoms with Crippen LogP contribution >= 0.6 is 0 Å². The Morgan fingerprint density at radius 2 is 1.70 bits per heavy atom. The molecular formula is C21H26O12. The normalized spacial score (nSPS) is 36.7. The summed E-state index contributed by atoms with van der Waals surface area (Å²) in [6, 6.07) is 3.85. The Hall–Kier alpha value is -2.55. The molecule has 182 valence electrons. The average molecular weight is 470 g/mol. The lowest BCUT2D eigenvalue weighted by atomic mass is 9.95. The topological polar surface area (TPSA) is 207 Å². The number of aliphatic hydroxyl groups is 6. The zero-order valence-corrected chi connectivity index (χ0v) is 17.2. The van der Waals surface area contributed by atoms with Gasteiger partial charge in [0.2, 0.25) is 0 Å². The van der Waals surface area contributed by atoms with Crippen LogP contribution in [0, 0.1) is 0 Å². The number of aromatic hydroxyl groups is 2. The first-order valence-electron chi connectivity index (χ1n) is 10.0. The van der Waals surface area contributed by atoms with Crippen molar-refractivity contribution in [2.45, 2.75) is 55.1 Å². The Bertz CT molecular complexity index is 884. The van der Waals surface area contributed by atoms with Gasteiger partial charge in [-0.1, -0.05) is 18.2 Å². The van der Waals surface area contributed by atoms with Gasteiger partial charge in [-0.05, 0) is 23.8 Å². The van der Waals surface area contributed by atoms with Crippen LogP contribution in [-0.2, 0) is 19.0 Å². The van der Waals surface area contributed by atoms with Crippen LogP contribution in [-0.4, -0.2) is 109 Å². The number of hydrogen-bond acceptors (Lipinski definition) is 12. The fraction of sp³-hybridized carbons (Fsp3) is 0.476. The number of carbonyl (C=O) groups excluding carboxylic acids is 1. The van der Waals surface area contributed by atoms with Crippen LogP contribution in [0.1, 0.15) is 5.56 Å². The maximum Gasteiger partial charge on any atom is 0.331 e. The molecule has 0 spiro atoms. The number of phenolic OH excluding ortho intramolecular Hbond substituents is 2. The van der Waals surface area contributed by atoms with E-state index in [1.807, 2.05) is 0 Å². The van der Waals surface area contributed by atoms with Gasteiger partial charge in [0.25, 0.3) is 0 Å². The summed E-state index contributed by atoms with van der Waals surface area (Å²) in [4.78, 5) is 12.2. The zero-order valence-electron chi connectivity index (χ0n) is 17.2. The number of carbonyl (C=O) groups is 1. The van der Waals surface area contributed by atoms with Crippen LogP contribution in [0.4, 0.5) is 0 Å². The van der Waals surface area contributed by atoms with Gasteiger partial charge >= 0.3 is 5.97 Å². The Morgan fingerprint density at radius 1 is 0.970 bits per heavy atom. The Balaban J connectivity index is 1.64. The number of benzene rings is 1. The standard InChI is InChI=1S/C21H26O12/c22-8-14-16(27)18(29)19(30)21(32-14)31-13-5-4-11(24)20(17(13)28)33-15(26)6-2-9-1-3-10(23)12(25)7-9/h1-7,11,13-14,16-25,27-30H,8H2/b6-2+/t11-,13-,14+,16+,17+,18-,19+,20-,21+/m1/s1. The van der Waals surface area contributed by atoms with Crippen molar-refractivity contribution in [1.29, 1.82) is 0 Å². The van der Waals surface area contributed by atoms with Gasteiger partial charge < -0.3 is 55.1 Å². The molecule has 2 aliphatic rings. The molecule has 1 aromatic rings. The molecule has 0 amide bonds. The fourth-order valence-corrected chi connectivity index (χ4v) is 3.42. The van der Waals surface area contributed by atoms with Crippen LogP contribution in [0.3, 0.4) is 0 Å². The summed E-state index contributed by atoms with van der Waals surface area (Å²) in [6.07, 6.45) is -8.74. The van der Waals surface area contributed by atoms with Gasteiger partial charge in [0.05, 0.1) is 6.61 Å². The van der Waals surface area contributed by atoms with E-state index in [4.69, 9.17) is 14.2 Å². The predicted octanol–water partition coefficient (Wildman–Crippen LogP) is -2.50. The molecule has 1 aliphatic heterocycles. The van der Waals surface area contributed by atoms with Gasteiger partial charge in [-0.25, -0.2) is 4.79 Å². The molecule has 0 aromatic heterocycles. The molecule has 0 unspecified atom stereocenters. The van der Waals surface area contributed by atoms with Crippen LogP contribution in [0.15, 0.2) is 36.4 Å². The molecule has 1 fully saturated rings. The van der Waals surface area contributed by atoms with Gasteiger partial charge in [0.15, 0.2) is 23.9 Å². The van der Waals surface area contributed by atoms with Crippen molar-refractivity contribution in [3.05, 3.63) is 42.0 Å². The highest BCUT2D eigenvalue weighted by Gasteiger charge is 2.47. The van der Waals surface area contributed by atoms with Gasteiger partial charge in [-0.2, -0.15) is 0 Å². The molecule has 0 bridgehead atoms. The van der Waals surface area contributed by atoms with E-state index in [-0.39, 0.29) is 11.5 Å². The van der Waals surface area contributed by atoms with Crippen LogP contribution < -0.4 is 0 Å². The minimum Gasteiger partial charge on any atom is -0.504 e. The highest BCUT2D eigenvalue weighted by atomic mass is 16.7. The van der Waals surface area contributed by atoms with Gasteiger partial charge in [-0.3, -0.25) is 0 Å². The minimum absolute atomic E-state index is 0.333. The van der Waals surface area contributed by atoms with E-state index in [9.17, 15) is 45.6 Å². The van der Waals surface area contributed by atoms with Crippen LogP contribution in [0.25, 0.3) is 6.08 Å². The van der Waals surface area contributed by atoms with Crippen molar-refractivity contribution < 1.29 is 59.9 Å². The second kappa shape index (κ2) is 10.6. The van der Waals surface area contributed by atoms with E-state index >= 15 is 0 Å². The molecular weight excluding hydrogens is 444 g/mol. The summed E-state index contributed by atoms with van der Waals surface area (Å²) in [5.41, 5.74) is 0.371.